The Labute approximate surface area is 74.8 Å². The number of hydrogen-bond acceptors (Lipinski definition) is 2. The van der Waals surface area contributed by atoms with Crippen LogP contribution in [-0.2, 0) is 0 Å². The molecule has 0 fully saturated rings. The van der Waals surface area contributed by atoms with E-state index in [2.05, 4.69) is 11.1 Å². The topological polar surface area (TPSA) is 26.0 Å². The molecular weight excluding hydrogens is 162 g/mol. The van der Waals surface area contributed by atoms with Crippen LogP contribution in [0.1, 0.15) is 0 Å². The van der Waals surface area contributed by atoms with Gasteiger partial charge in [-0.2, -0.15) is 0 Å². The van der Waals surface area contributed by atoms with Gasteiger partial charge in [-0.3, -0.25) is 4.98 Å². The number of benzene rings is 1. The average molecular weight is 169 g/mol. The van der Waals surface area contributed by atoms with Crippen LogP contribution in [0.4, 0.5) is 0 Å². The van der Waals surface area contributed by atoms with E-state index >= 15 is 0 Å². The molecule has 0 aliphatic heterocycles. The molecule has 0 spiro atoms. The van der Waals surface area contributed by atoms with Gasteiger partial charge in [-0.05, 0) is 24.3 Å². The van der Waals surface area contributed by atoms with Crippen molar-refractivity contribution in [3.05, 3.63) is 42.8 Å². The average Bonchev–Trinajstić information content (AvgIpc) is 2.61. The molecule has 0 atom stereocenters. The molecule has 0 saturated carbocycles. The van der Waals surface area contributed by atoms with Gasteiger partial charge < -0.3 is 4.42 Å². The van der Waals surface area contributed by atoms with E-state index in [1.54, 1.807) is 6.26 Å². The first-order chi connectivity index (χ1) is 6.43. The Kier molecular flexibility index (Phi) is 1.19. The molecule has 0 bridgehead atoms. The van der Waals surface area contributed by atoms with Crippen LogP contribution in [0.3, 0.4) is 0 Å². The van der Waals surface area contributed by atoms with E-state index in [0.29, 0.717) is 0 Å². The lowest BCUT2D eigenvalue weighted by Gasteiger charge is -1.95. The molecule has 0 unspecified atom stereocenters. The van der Waals surface area contributed by atoms with E-state index in [1.165, 1.54) is 0 Å². The standard InChI is InChI=1S/C11H7NO/c1-2-9-6-8-3-4-12-10(8)7-11(9)13-5-1/h1-7H. The van der Waals surface area contributed by atoms with E-state index in [9.17, 15) is 0 Å². The molecule has 0 amide bonds. The maximum Gasteiger partial charge on any atom is 0.135 e. The largest absolute Gasteiger partial charge is 0.464 e. The molecule has 2 heterocycles. The maximum atomic E-state index is 5.35. The van der Waals surface area contributed by atoms with Crippen molar-refractivity contribution >= 4 is 21.9 Å². The van der Waals surface area contributed by atoms with Crippen molar-refractivity contribution in [3.63, 3.8) is 0 Å². The van der Waals surface area contributed by atoms with Crippen molar-refractivity contribution in [2.24, 2.45) is 0 Å². The van der Waals surface area contributed by atoms with Crippen molar-refractivity contribution in [2.75, 3.05) is 0 Å². The van der Waals surface area contributed by atoms with Crippen molar-refractivity contribution < 1.29 is 4.42 Å². The van der Waals surface area contributed by atoms with Gasteiger partial charge >= 0.3 is 0 Å². The molecule has 3 aromatic rings. The molecule has 62 valence electrons. The Morgan fingerprint density at radius 1 is 1.08 bits per heavy atom. The SMILES string of the molecule is c1coc2cc3nccc3cc2c1. The first kappa shape index (κ1) is 6.66. The van der Waals surface area contributed by atoms with Crippen LogP contribution in [0.25, 0.3) is 21.9 Å². The lowest BCUT2D eigenvalue weighted by Crippen LogP contribution is -1.72. The summed E-state index contributed by atoms with van der Waals surface area (Å²) in [6.07, 6.45) is 3.49. The van der Waals surface area contributed by atoms with Crippen LogP contribution < -0.4 is 0 Å². The molecular formula is C11H7NO. The lowest BCUT2D eigenvalue weighted by atomic mass is 10.2. The predicted octanol–water partition coefficient (Wildman–Crippen LogP) is 2.98. The normalized spacial score (nSPS) is 11.1. The van der Waals surface area contributed by atoms with Gasteiger partial charge in [-0.1, -0.05) is 0 Å². The molecule has 2 aromatic heterocycles. The molecule has 0 radical (unpaired) electrons. The molecule has 0 aliphatic rings. The van der Waals surface area contributed by atoms with Gasteiger partial charge in [0, 0.05) is 23.0 Å². The van der Waals surface area contributed by atoms with Gasteiger partial charge in [0.2, 0.25) is 0 Å². The molecule has 0 aliphatic carbocycles. The summed E-state index contributed by atoms with van der Waals surface area (Å²) in [7, 11) is 0. The summed E-state index contributed by atoms with van der Waals surface area (Å²) in [5.74, 6) is 0. The van der Waals surface area contributed by atoms with E-state index in [-0.39, 0.29) is 0 Å². The minimum Gasteiger partial charge on any atom is -0.464 e. The number of rotatable bonds is 0. The van der Waals surface area contributed by atoms with Gasteiger partial charge in [-0.15, -0.1) is 0 Å². The number of fused-ring (bicyclic) bond motifs is 2. The number of nitrogens with zero attached hydrogens (tertiary/aromatic N) is 1. The van der Waals surface area contributed by atoms with Crippen LogP contribution in [0.2, 0.25) is 0 Å². The highest BCUT2D eigenvalue weighted by Gasteiger charge is 1.99. The molecule has 13 heavy (non-hydrogen) atoms. The molecule has 0 saturated heterocycles. The smallest absolute Gasteiger partial charge is 0.135 e. The molecule has 2 heteroatoms. The zero-order valence-electron chi connectivity index (χ0n) is 6.90. The monoisotopic (exact) mass is 169 g/mol. The zero-order valence-corrected chi connectivity index (χ0v) is 6.90. The summed E-state index contributed by atoms with van der Waals surface area (Å²) in [4.78, 5) is 4.21. The third kappa shape index (κ3) is 0.920. The highest BCUT2D eigenvalue weighted by atomic mass is 16.3. The second-order valence-electron chi connectivity index (χ2n) is 3.01. The third-order valence-corrected chi connectivity index (χ3v) is 2.18. The van der Waals surface area contributed by atoms with Crippen molar-refractivity contribution in [1.82, 2.24) is 4.98 Å². The van der Waals surface area contributed by atoms with Gasteiger partial charge in [0.25, 0.3) is 0 Å². The minimum absolute atomic E-state index is 0.883. The van der Waals surface area contributed by atoms with E-state index in [4.69, 9.17) is 4.42 Å². The first-order valence-corrected chi connectivity index (χ1v) is 4.15. The van der Waals surface area contributed by atoms with Crippen LogP contribution in [0.5, 0.6) is 0 Å². The fourth-order valence-electron chi connectivity index (χ4n) is 1.53. The predicted molar refractivity (Wildman–Crippen MR) is 51.5 cm³/mol. The van der Waals surface area contributed by atoms with Crippen LogP contribution in [0, 0.1) is 0 Å². The fraction of sp³-hybridized carbons (Fsp3) is 0. The van der Waals surface area contributed by atoms with Gasteiger partial charge in [0.1, 0.15) is 5.58 Å². The van der Waals surface area contributed by atoms with Crippen LogP contribution in [0.15, 0.2) is 47.2 Å². The lowest BCUT2D eigenvalue weighted by molar-refractivity contribution is 0.604. The van der Waals surface area contributed by atoms with Gasteiger partial charge in [0.15, 0.2) is 0 Å². The molecule has 0 N–H and O–H groups in total. The molecule has 1 aromatic carbocycles. The quantitative estimate of drug-likeness (QED) is 0.517. The Bertz CT molecular complexity index is 519. The van der Waals surface area contributed by atoms with E-state index in [1.807, 2.05) is 30.5 Å². The summed E-state index contributed by atoms with van der Waals surface area (Å²) in [6, 6.07) is 9.98. The molecule has 3 rings (SSSR count). The highest BCUT2D eigenvalue weighted by Crippen LogP contribution is 2.21. The summed E-state index contributed by atoms with van der Waals surface area (Å²) < 4.78 is 5.35. The van der Waals surface area contributed by atoms with Crippen molar-refractivity contribution in [3.8, 4) is 0 Å². The summed E-state index contributed by atoms with van der Waals surface area (Å²) in [5.41, 5.74) is 1.87. The maximum absolute atomic E-state index is 5.35. The van der Waals surface area contributed by atoms with Gasteiger partial charge in [0.05, 0.1) is 11.8 Å². The second kappa shape index (κ2) is 2.33. The molecule has 2 nitrogen and oxygen atoms in total. The zero-order chi connectivity index (χ0) is 8.67. The highest BCUT2D eigenvalue weighted by molar-refractivity contribution is 5.93. The summed E-state index contributed by atoms with van der Waals surface area (Å²) >= 11 is 0. The van der Waals surface area contributed by atoms with E-state index < -0.39 is 0 Å². The first-order valence-electron chi connectivity index (χ1n) is 4.15. The second-order valence-corrected chi connectivity index (χ2v) is 3.01. The Morgan fingerprint density at radius 3 is 3.08 bits per heavy atom. The van der Waals surface area contributed by atoms with Crippen molar-refractivity contribution in [2.45, 2.75) is 0 Å². The summed E-state index contributed by atoms with van der Waals surface area (Å²) in [5, 5.41) is 2.27. The summed E-state index contributed by atoms with van der Waals surface area (Å²) in [6.45, 7) is 0. The fourth-order valence-corrected chi connectivity index (χ4v) is 1.53. The Balaban J connectivity index is 2.57. The number of aromatic nitrogens is 1. The van der Waals surface area contributed by atoms with Crippen LogP contribution in [-0.4, -0.2) is 4.98 Å². The Morgan fingerprint density at radius 2 is 2.08 bits per heavy atom. The third-order valence-electron chi connectivity index (χ3n) is 2.18. The van der Waals surface area contributed by atoms with Crippen LogP contribution >= 0.6 is 0 Å². The van der Waals surface area contributed by atoms with Gasteiger partial charge in [-0.25, -0.2) is 0 Å². The van der Waals surface area contributed by atoms with E-state index in [0.717, 1.165) is 21.9 Å². The number of hydrogen-bond donors (Lipinski definition) is 0. The Hall–Kier alpha value is -1.83. The van der Waals surface area contributed by atoms with Crippen molar-refractivity contribution in [1.29, 1.82) is 0 Å². The minimum atomic E-state index is 0.883.